The first kappa shape index (κ1) is 13.0. The lowest BCUT2D eigenvalue weighted by Gasteiger charge is -2.09. The van der Waals surface area contributed by atoms with Gasteiger partial charge in [-0.1, -0.05) is 29.3 Å². The number of rotatable bonds is 4. The zero-order chi connectivity index (χ0) is 13.0. The highest BCUT2D eigenvalue weighted by atomic mass is 35.5. The summed E-state index contributed by atoms with van der Waals surface area (Å²) in [6.45, 7) is 0.263. The Bertz CT molecular complexity index is 528. The van der Waals surface area contributed by atoms with E-state index in [-0.39, 0.29) is 6.61 Å². The number of hydrogen-bond acceptors (Lipinski definition) is 4. The number of nitrogen functional groups attached to an aromatic ring is 1. The quantitative estimate of drug-likeness (QED) is 0.668. The molecule has 6 heteroatoms. The first-order valence-electron chi connectivity index (χ1n) is 5.19. The van der Waals surface area contributed by atoms with Crippen LogP contribution in [-0.2, 0) is 6.61 Å². The largest absolute Gasteiger partial charge is 0.484 e. The van der Waals surface area contributed by atoms with Crippen LogP contribution in [0.2, 0.25) is 10.0 Å². The Morgan fingerprint density at radius 2 is 1.94 bits per heavy atom. The summed E-state index contributed by atoms with van der Waals surface area (Å²) >= 11 is 12.0. The van der Waals surface area contributed by atoms with Gasteiger partial charge in [-0.2, -0.15) is 0 Å². The third-order valence-corrected chi connectivity index (χ3v) is 2.86. The zero-order valence-corrected chi connectivity index (χ0v) is 10.9. The summed E-state index contributed by atoms with van der Waals surface area (Å²) in [7, 11) is 0. The summed E-state index contributed by atoms with van der Waals surface area (Å²) in [4.78, 5) is 4.16. The molecule has 1 heterocycles. The Morgan fingerprint density at radius 3 is 2.61 bits per heavy atom. The molecule has 0 amide bonds. The zero-order valence-electron chi connectivity index (χ0n) is 9.36. The van der Waals surface area contributed by atoms with E-state index in [1.807, 2.05) is 0 Å². The summed E-state index contributed by atoms with van der Waals surface area (Å²) in [5.74, 6) is 5.77. The second-order valence-electron chi connectivity index (χ2n) is 3.52. The smallest absolute Gasteiger partial charge is 0.157 e. The molecule has 0 bridgehead atoms. The highest BCUT2D eigenvalue weighted by molar-refractivity contribution is 6.37. The second kappa shape index (κ2) is 5.91. The summed E-state index contributed by atoms with van der Waals surface area (Å²) in [5.41, 5.74) is 4.02. The Morgan fingerprint density at radius 1 is 1.22 bits per heavy atom. The van der Waals surface area contributed by atoms with Crippen LogP contribution in [-0.4, -0.2) is 4.98 Å². The van der Waals surface area contributed by atoms with Gasteiger partial charge in [-0.3, -0.25) is 10.8 Å². The van der Waals surface area contributed by atoms with Gasteiger partial charge in [0, 0.05) is 6.20 Å². The van der Waals surface area contributed by atoms with Crippen molar-refractivity contribution in [3.63, 3.8) is 0 Å². The number of anilines is 1. The van der Waals surface area contributed by atoms with E-state index in [0.29, 0.717) is 15.8 Å². The molecular formula is C12H11Cl2N3O. The van der Waals surface area contributed by atoms with Gasteiger partial charge in [0.1, 0.15) is 6.61 Å². The van der Waals surface area contributed by atoms with Crippen molar-refractivity contribution in [2.24, 2.45) is 5.84 Å². The molecule has 3 N–H and O–H groups in total. The van der Waals surface area contributed by atoms with Crippen LogP contribution in [0.4, 0.5) is 5.69 Å². The number of nitrogens with two attached hydrogens (primary N) is 1. The molecule has 1 aromatic carbocycles. The predicted molar refractivity (Wildman–Crippen MR) is 72.8 cm³/mol. The van der Waals surface area contributed by atoms with Crippen molar-refractivity contribution < 1.29 is 4.74 Å². The fourth-order valence-electron chi connectivity index (χ4n) is 1.41. The molecule has 18 heavy (non-hydrogen) atoms. The SMILES string of the molecule is NNc1ccnc(COc2c(Cl)cccc2Cl)c1. The van der Waals surface area contributed by atoms with Gasteiger partial charge in [0.2, 0.25) is 0 Å². The molecule has 0 atom stereocenters. The maximum atomic E-state index is 5.99. The molecule has 2 rings (SSSR count). The summed E-state index contributed by atoms with van der Waals surface area (Å²) < 4.78 is 5.56. The van der Waals surface area contributed by atoms with Crippen molar-refractivity contribution in [2.45, 2.75) is 6.61 Å². The van der Waals surface area contributed by atoms with Crippen LogP contribution in [0, 0.1) is 0 Å². The lowest BCUT2D eigenvalue weighted by atomic mass is 10.3. The number of ether oxygens (including phenoxy) is 1. The lowest BCUT2D eigenvalue weighted by molar-refractivity contribution is 0.302. The van der Waals surface area contributed by atoms with E-state index < -0.39 is 0 Å². The average Bonchev–Trinajstić information content (AvgIpc) is 2.38. The van der Waals surface area contributed by atoms with Crippen molar-refractivity contribution in [1.82, 2.24) is 4.98 Å². The van der Waals surface area contributed by atoms with Crippen LogP contribution in [0.1, 0.15) is 5.69 Å². The first-order valence-corrected chi connectivity index (χ1v) is 5.94. The van der Waals surface area contributed by atoms with Crippen LogP contribution >= 0.6 is 23.2 Å². The molecule has 4 nitrogen and oxygen atoms in total. The summed E-state index contributed by atoms with van der Waals surface area (Å²) in [6.07, 6.45) is 1.64. The minimum Gasteiger partial charge on any atom is -0.484 e. The number of aromatic nitrogens is 1. The Labute approximate surface area is 115 Å². The van der Waals surface area contributed by atoms with Crippen molar-refractivity contribution in [1.29, 1.82) is 0 Å². The Balaban J connectivity index is 2.11. The first-order chi connectivity index (χ1) is 8.70. The molecule has 94 valence electrons. The van der Waals surface area contributed by atoms with Crippen LogP contribution in [0.5, 0.6) is 5.75 Å². The molecule has 1 aromatic heterocycles. The minimum absolute atomic E-state index is 0.263. The van der Waals surface area contributed by atoms with E-state index in [1.54, 1.807) is 36.5 Å². The minimum atomic E-state index is 0.263. The molecule has 0 unspecified atom stereocenters. The highest BCUT2D eigenvalue weighted by Crippen LogP contribution is 2.32. The van der Waals surface area contributed by atoms with E-state index in [0.717, 1.165) is 11.4 Å². The maximum absolute atomic E-state index is 5.99. The van der Waals surface area contributed by atoms with Gasteiger partial charge in [-0.05, 0) is 24.3 Å². The fraction of sp³-hybridized carbons (Fsp3) is 0.0833. The Kier molecular flexibility index (Phi) is 4.25. The van der Waals surface area contributed by atoms with E-state index in [1.165, 1.54) is 0 Å². The van der Waals surface area contributed by atoms with Crippen molar-refractivity contribution in [2.75, 3.05) is 5.43 Å². The van der Waals surface area contributed by atoms with Crippen LogP contribution in [0.15, 0.2) is 36.5 Å². The molecule has 2 aromatic rings. The number of para-hydroxylation sites is 1. The van der Waals surface area contributed by atoms with E-state index >= 15 is 0 Å². The fourth-order valence-corrected chi connectivity index (χ4v) is 1.92. The molecular weight excluding hydrogens is 273 g/mol. The van der Waals surface area contributed by atoms with E-state index in [9.17, 15) is 0 Å². The number of halogens is 2. The monoisotopic (exact) mass is 283 g/mol. The topological polar surface area (TPSA) is 60.2 Å². The number of pyridine rings is 1. The van der Waals surface area contributed by atoms with Crippen LogP contribution in [0.25, 0.3) is 0 Å². The van der Waals surface area contributed by atoms with Crippen molar-refractivity contribution in [3.05, 3.63) is 52.3 Å². The van der Waals surface area contributed by atoms with Gasteiger partial charge in [0.05, 0.1) is 21.4 Å². The Hall–Kier alpha value is -1.49. The molecule has 0 saturated carbocycles. The van der Waals surface area contributed by atoms with Crippen LogP contribution < -0.4 is 16.0 Å². The molecule has 0 spiro atoms. The molecule has 0 aliphatic rings. The third kappa shape index (κ3) is 3.04. The van der Waals surface area contributed by atoms with Gasteiger partial charge < -0.3 is 10.2 Å². The van der Waals surface area contributed by atoms with Crippen molar-refractivity contribution in [3.8, 4) is 5.75 Å². The van der Waals surface area contributed by atoms with Gasteiger partial charge in [-0.15, -0.1) is 0 Å². The summed E-state index contributed by atoms with van der Waals surface area (Å²) in [6, 6.07) is 8.73. The standard InChI is InChI=1S/C12H11Cl2N3O/c13-10-2-1-3-11(14)12(10)18-7-9-6-8(17-15)4-5-16-9/h1-6H,7,15H2,(H,16,17). The van der Waals surface area contributed by atoms with Gasteiger partial charge in [0.15, 0.2) is 5.75 Å². The number of benzene rings is 1. The maximum Gasteiger partial charge on any atom is 0.157 e. The van der Waals surface area contributed by atoms with Gasteiger partial charge in [0.25, 0.3) is 0 Å². The highest BCUT2D eigenvalue weighted by Gasteiger charge is 2.07. The number of nitrogens with zero attached hydrogens (tertiary/aromatic N) is 1. The number of hydrogen-bond donors (Lipinski definition) is 2. The molecule has 0 aliphatic carbocycles. The average molecular weight is 284 g/mol. The lowest BCUT2D eigenvalue weighted by Crippen LogP contribution is -2.08. The van der Waals surface area contributed by atoms with Crippen molar-refractivity contribution >= 4 is 28.9 Å². The van der Waals surface area contributed by atoms with E-state index in [4.69, 9.17) is 33.8 Å². The molecule has 0 saturated heterocycles. The van der Waals surface area contributed by atoms with E-state index in [2.05, 4.69) is 10.4 Å². The molecule has 0 radical (unpaired) electrons. The van der Waals surface area contributed by atoms with Gasteiger partial charge in [-0.25, -0.2) is 0 Å². The molecule has 0 aliphatic heterocycles. The second-order valence-corrected chi connectivity index (χ2v) is 4.33. The van der Waals surface area contributed by atoms with Gasteiger partial charge >= 0.3 is 0 Å². The number of nitrogens with one attached hydrogen (secondary N) is 1. The normalized spacial score (nSPS) is 10.2. The summed E-state index contributed by atoms with van der Waals surface area (Å²) in [5, 5.41) is 0.936. The molecule has 0 fully saturated rings. The van der Waals surface area contributed by atoms with Crippen LogP contribution in [0.3, 0.4) is 0 Å². The predicted octanol–water partition coefficient (Wildman–Crippen LogP) is 3.25. The third-order valence-electron chi connectivity index (χ3n) is 2.27. The number of hydrazine groups is 1.